The zero-order valence-electron chi connectivity index (χ0n) is 10.2. The molecule has 18 heavy (non-hydrogen) atoms. The van der Waals surface area contributed by atoms with Gasteiger partial charge in [-0.25, -0.2) is 4.85 Å². The Morgan fingerprint density at radius 2 is 2.06 bits per heavy atom. The first-order chi connectivity index (χ1) is 8.72. The van der Waals surface area contributed by atoms with Crippen LogP contribution in [0.2, 0.25) is 0 Å². The number of hydrogen-bond donors (Lipinski definition) is 0. The average molecular weight is 235 g/mol. The molecule has 0 aliphatic rings. The molecule has 0 saturated carbocycles. The van der Waals surface area contributed by atoms with E-state index in [2.05, 4.69) is 11.4 Å². The molecule has 0 radical (unpaired) electrons. The van der Waals surface area contributed by atoms with Crippen molar-refractivity contribution in [3.8, 4) is 11.5 Å². The number of benzene rings is 2. The summed E-state index contributed by atoms with van der Waals surface area (Å²) in [6.07, 6.45) is 1.71. The lowest BCUT2D eigenvalue weighted by molar-refractivity contribution is 0.485. The quantitative estimate of drug-likeness (QED) is 0.684. The summed E-state index contributed by atoms with van der Waals surface area (Å²) in [5.41, 5.74) is 2.53. The van der Waals surface area contributed by atoms with Gasteiger partial charge in [-0.05, 0) is 42.3 Å². The SMILES string of the molecule is [C-]#[N+]c1cc(C=C)ccc1Oc1cccc(C)c1. The number of hydrogen-bond acceptors (Lipinski definition) is 1. The normalized spacial score (nSPS) is 9.56. The molecule has 0 heterocycles. The van der Waals surface area contributed by atoms with Crippen molar-refractivity contribution in [2.45, 2.75) is 6.92 Å². The highest BCUT2D eigenvalue weighted by Crippen LogP contribution is 2.33. The summed E-state index contributed by atoms with van der Waals surface area (Å²) in [5, 5.41) is 0. The third kappa shape index (κ3) is 2.58. The summed E-state index contributed by atoms with van der Waals surface area (Å²) in [6, 6.07) is 13.2. The van der Waals surface area contributed by atoms with Crippen LogP contribution in [0.1, 0.15) is 11.1 Å². The Balaban J connectivity index is 2.35. The fourth-order valence-corrected chi connectivity index (χ4v) is 1.64. The van der Waals surface area contributed by atoms with E-state index in [4.69, 9.17) is 11.3 Å². The zero-order chi connectivity index (χ0) is 13.0. The predicted molar refractivity (Wildman–Crippen MR) is 74.0 cm³/mol. The van der Waals surface area contributed by atoms with E-state index in [-0.39, 0.29) is 0 Å². The molecule has 0 N–H and O–H groups in total. The fourth-order valence-electron chi connectivity index (χ4n) is 1.64. The van der Waals surface area contributed by atoms with Crippen LogP contribution in [0.25, 0.3) is 10.9 Å². The van der Waals surface area contributed by atoms with Crippen molar-refractivity contribution in [2.75, 3.05) is 0 Å². The maximum absolute atomic E-state index is 7.18. The van der Waals surface area contributed by atoms with Crippen molar-refractivity contribution < 1.29 is 4.74 Å². The summed E-state index contributed by atoms with van der Waals surface area (Å²) in [4.78, 5) is 3.47. The largest absolute Gasteiger partial charge is 0.468 e. The van der Waals surface area contributed by atoms with Crippen LogP contribution in [0.3, 0.4) is 0 Å². The Morgan fingerprint density at radius 3 is 2.72 bits per heavy atom. The fraction of sp³-hybridized carbons (Fsp3) is 0.0625. The summed E-state index contributed by atoms with van der Waals surface area (Å²) in [7, 11) is 0. The van der Waals surface area contributed by atoms with E-state index in [0.29, 0.717) is 11.4 Å². The molecule has 0 aliphatic carbocycles. The van der Waals surface area contributed by atoms with Crippen molar-refractivity contribution in [3.05, 3.63) is 71.6 Å². The van der Waals surface area contributed by atoms with Crippen LogP contribution in [-0.2, 0) is 0 Å². The standard InChI is InChI=1S/C16H13NO/c1-4-13-8-9-16(15(11-13)17-3)18-14-7-5-6-12(2)10-14/h4-11H,1H2,2H3. The molecule has 0 aromatic heterocycles. The molecule has 0 bridgehead atoms. The summed E-state index contributed by atoms with van der Waals surface area (Å²) < 4.78 is 5.73. The average Bonchev–Trinajstić information content (AvgIpc) is 2.39. The second-order valence-electron chi connectivity index (χ2n) is 3.96. The van der Waals surface area contributed by atoms with Crippen molar-refractivity contribution in [3.63, 3.8) is 0 Å². The second-order valence-corrected chi connectivity index (χ2v) is 3.96. The lowest BCUT2D eigenvalue weighted by Gasteiger charge is -2.08. The van der Waals surface area contributed by atoms with Gasteiger partial charge in [-0.2, -0.15) is 0 Å². The Kier molecular flexibility index (Phi) is 3.45. The molecule has 0 fully saturated rings. The van der Waals surface area contributed by atoms with E-state index in [1.54, 1.807) is 18.2 Å². The Labute approximate surface area is 107 Å². The molecule has 0 amide bonds. The van der Waals surface area contributed by atoms with Gasteiger partial charge < -0.3 is 4.74 Å². The van der Waals surface area contributed by atoms with Gasteiger partial charge >= 0.3 is 0 Å². The minimum Gasteiger partial charge on any atom is -0.468 e. The van der Waals surface area contributed by atoms with Gasteiger partial charge in [-0.3, -0.25) is 0 Å². The van der Waals surface area contributed by atoms with Gasteiger partial charge in [-0.1, -0.05) is 30.9 Å². The highest BCUT2D eigenvalue weighted by atomic mass is 16.5. The molecule has 88 valence electrons. The van der Waals surface area contributed by atoms with Crippen LogP contribution in [0.5, 0.6) is 11.5 Å². The number of aryl methyl sites for hydroxylation is 1. The molecular formula is C16H13NO. The Morgan fingerprint density at radius 1 is 1.22 bits per heavy atom. The van der Waals surface area contributed by atoms with E-state index in [9.17, 15) is 0 Å². The van der Waals surface area contributed by atoms with E-state index in [1.165, 1.54) is 0 Å². The van der Waals surface area contributed by atoms with E-state index in [1.807, 2.05) is 37.3 Å². The molecule has 0 aliphatic heterocycles. The highest BCUT2D eigenvalue weighted by molar-refractivity contribution is 5.65. The summed E-state index contributed by atoms with van der Waals surface area (Å²) in [5.74, 6) is 1.31. The highest BCUT2D eigenvalue weighted by Gasteiger charge is 2.05. The van der Waals surface area contributed by atoms with E-state index >= 15 is 0 Å². The van der Waals surface area contributed by atoms with Gasteiger partial charge in [0.1, 0.15) is 11.5 Å². The molecule has 2 rings (SSSR count). The molecule has 2 aromatic rings. The maximum Gasteiger partial charge on any atom is 0.229 e. The first-order valence-corrected chi connectivity index (χ1v) is 5.61. The van der Waals surface area contributed by atoms with Gasteiger partial charge in [0.25, 0.3) is 0 Å². The van der Waals surface area contributed by atoms with Crippen LogP contribution in [0.4, 0.5) is 5.69 Å². The molecule has 0 unspecified atom stereocenters. The minimum atomic E-state index is 0.494. The van der Waals surface area contributed by atoms with E-state index < -0.39 is 0 Å². The lowest BCUT2D eigenvalue weighted by Crippen LogP contribution is -1.85. The van der Waals surface area contributed by atoms with Crippen LogP contribution in [-0.4, -0.2) is 0 Å². The molecule has 0 spiro atoms. The van der Waals surface area contributed by atoms with Gasteiger partial charge in [0.15, 0.2) is 0 Å². The first kappa shape index (κ1) is 11.9. The number of ether oxygens (including phenoxy) is 1. The molecular weight excluding hydrogens is 222 g/mol. The third-order valence-corrected chi connectivity index (χ3v) is 2.56. The van der Waals surface area contributed by atoms with Crippen molar-refractivity contribution in [2.24, 2.45) is 0 Å². The second kappa shape index (κ2) is 5.20. The Hall–Kier alpha value is -2.53. The number of rotatable bonds is 3. The molecule has 2 aromatic carbocycles. The maximum atomic E-state index is 7.18. The molecule has 2 heteroatoms. The molecule has 0 saturated heterocycles. The topological polar surface area (TPSA) is 13.6 Å². The minimum absolute atomic E-state index is 0.494. The predicted octanol–water partition coefficient (Wildman–Crippen LogP) is 4.98. The molecule has 2 nitrogen and oxygen atoms in total. The summed E-state index contributed by atoms with van der Waals surface area (Å²) in [6.45, 7) is 12.9. The smallest absolute Gasteiger partial charge is 0.229 e. The van der Waals surface area contributed by atoms with E-state index in [0.717, 1.165) is 16.9 Å². The van der Waals surface area contributed by atoms with Crippen molar-refractivity contribution >= 4 is 11.8 Å². The monoisotopic (exact) mass is 235 g/mol. The molecule has 0 atom stereocenters. The van der Waals surface area contributed by atoms with Gasteiger partial charge in [0.2, 0.25) is 5.69 Å². The van der Waals surface area contributed by atoms with Crippen LogP contribution in [0, 0.1) is 13.5 Å². The zero-order valence-corrected chi connectivity index (χ0v) is 10.2. The van der Waals surface area contributed by atoms with Gasteiger partial charge in [0, 0.05) is 0 Å². The van der Waals surface area contributed by atoms with Crippen LogP contribution in [0.15, 0.2) is 49.0 Å². The Bertz CT molecular complexity index is 623. The first-order valence-electron chi connectivity index (χ1n) is 5.61. The lowest BCUT2D eigenvalue weighted by atomic mass is 10.2. The van der Waals surface area contributed by atoms with Crippen molar-refractivity contribution in [1.29, 1.82) is 0 Å². The van der Waals surface area contributed by atoms with Gasteiger partial charge in [-0.15, -0.1) is 0 Å². The van der Waals surface area contributed by atoms with Gasteiger partial charge in [0.05, 0.1) is 6.57 Å². The van der Waals surface area contributed by atoms with Crippen LogP contribution < -0.4 is 4.74 Å². The van der Waals surface area contributed by atoms with Crippen molar-refractivity contribution in [1.82, 2.24) is 0 Å². The summed E-state index contributed by atoms with van der Waals surface area (Å²) >= 11 is 0. The third-order valence-electron chi connectivity index (χ3n) is 2.56. The van der Waals surface area contributed by atoms with Crippen LogP contribution >= 0.6 is 0 Å². The number of nitrogens with zero attached hydrogens (tertiary/aromatic N) is 1.